The van der Waals surface area contributed by atoms with Crippen LogP contribution in [0.25, 0.3) is 5.69 Å². The highest BCUT2D eigenvalue weighted by atomic mass is 32.1. The number of hydrogen-bond acceptors (Lipinski definition) is 6. The maximum Gasteiger partial charge on any atom is 0.144 e. The molecule has 0 spiro atoms. The van der Waals surface area contributed by atoms with E-state index in [0.29, 0.717) is 6.04 Å². The van der Waals surface area contributed by atoms with E-state index in [1.165, 1.54) is 10.4 Å². The molecule has 1 aliphatic heterocycles. The maximum absolute atomic E-state index is 9.55. The second kappa shape index (κ2) is 9.54. The lowest BCUT2D eigenvalue weighted by Crippen LogP contribution is -2.52. The van der Waals surface area contributed by atoms with E-state index in [1.54, 1.807) is 18.4 Å². The molecule has 1 aliphatic rings. The lowest BCUT2D eigenvalue weighted by molar-refractivity contribution is 0.0506. The van der Waals surface area contributed by atoms with Crippen molar-refractivity contribution in [3.05, 3.63) is 64.6 Å². The van der Waals surface area contributed by atoms with Gasteiger partial charge in [0.2, 0.25) is 0 Å². The Morgan fingerprint density at radius 3 is 2.86 bits per heavy atom. The first-order chi connectivity index (χ1) is 14.3. The summed E-state index contributed by atoms with van der Waals surface area (Å²) in [6, 6.07) is 12.6. The third-order valence-electron chi connectivity index (χ3n) is 5.46. The standard InChI is InChI=1S/C22H28N4O2S/c1-28-22-7-3-2-6-21(22)26-15-18(13-23-26)14-24-9-10-25(19(16-24)8-11-27)17-20-5-4-12-29-20/h2-7,12-13,15,19,27H,8-11,14,16-17H2,1H3/t19-/m0/s1. The quantitative estimate of drug-likeness (QED) is 0.616. The average molecular weight is 413 g/mol. The van der Waals surface area contributed by atoms with Crippen LogP contribution in [0.5, 0.6) is 5.75 Å². The van der Waals surface area contributed by atoms with Gasteiger partial charge in [0, 0.05) is 62.0 Å². The minimum absolute atomic E-state index is 0.227. The Hall–Kier alpha value is -2.19. The van der Waals surface area contributed by atoms with Crippen molar-refractivity contribution in [3.63, 3.8) is 0 Å². The molecular formula is C22H28N4O2S. The molecule has 1 fully saturated rings. The molecule has 1 atom stereocenters. The van der Waals surface area contributed by atoms with Crippen LogP contribution in [0.3, 0.4) is 0 Å². The Balaban J connectivity index is 1.40. The summed E-state index contributed by atoms with van der Waals surface area (Å²) in [5, 5.41) is 16.2. The topological polar surface area (TPSA) is 53.8 Å². The SMILES string of the molecule is COc1ccccc1-n1cc(CN2CCN(Cc3cccs3)[C@@H](CCO)C2)cn1. The van der Waals surface area contributed by atoms with Crippen molar-refractivity contribution in [2.75, 3.05) is 33.4 Å². The highest BCUT2D eigenvalue weighted by molar-refractivity contribution is 7.09. The Morgan fingerprint density at radius 1 is 1.17 bits per heavy atom. The molecule has 2 aromatic heterocycles. The number of thiophene rings is 1. The average Bonchev–Trinajstić information content (AvgIpc) is 3.42. The number of piperazine rings is 1. The largest absolute Gasteiger partial charge is 0.494 e. The predicted molar refractivity (Wildman–Crippen MR) is 116 cm³/mol. The summed E-state index contributed by atoms with van der Waals surface area (Å²) in [5.41, 5.74) is 2.13. The molecule has 1 saturated heterocycles. The van der Waals surface area contributed by atoms with E-state index < -0.39 is 0 Å². The van der Waals surface area contributed by atoms with Crippen LogP contribution in [0.2, 0.25) is 0 Å². The number of hydrogen-bond donors (Lipinski definition) is 1. The smallest absolute Gasteiger partial charge is 0.144 e. The van der Waals surface area contributed by atoms with E-state index in [4.69, 9.17) is 4.74 Å². The number of aliphatic hydroxyl groups is 1. The van der Waals surface area contributed by atoms with Gasteiger partial charge in [-0.25, -0.2) is 4.68 Å². The van der Waals surface area contributed by atoms with Crippen molar-refractivity contribution in [2.45, 2.75) is 25.6 Å². The Bertz CT molecular complexity index is 896. The van der Waals surface area contributed by atoms with Gasteiger partial charge in [-0.3, -0.25) is 9.80 Å². The van der Waals surface area contributed by atoms with Gasteiger partial charge in [0.05, 0.1) is 13.3 Å². The van der Waals surface area contributed by atoms with Crippen LogP contribution >= 0.6 is 11.3 Å². The molecule has 0 unspecified atom stereocenters. The van der Waals surface area contributed by atoms with Crippen LogP contribution in [0.1, 0.15) is 16.9 Å². The van der Waals surface area contributed by atoms with Gasteiger partial charge in [-0.05, 0) is 30.0 Å². The van der Waals surface area contributed by atoms with Crippen LogP contribution in [0.4, 0.5) is 0 Å². The number of nitrogens with zero attached hydrogens (tertiary/aromatic N) is 4. The van der Waals surface area contributed by atoms with Crippen molar-refractivity contribution >= 4 is 11.3 Å². The number of aliphatic hydroxyl groups excluding tert-OH is 1. The first kappa shape index (κ1) is 20.1. The summed E-state index contributed by atoms with van der Waals surface area (Å²) < 4.78 is 7.34. The molecular weight excluding hydrogens is 384 g/mol. The van der Waals surface area contributed by atoms with Gasteiger partial charge >= 0.3 is 0 Å². The van der Waals surface area contributed by atoms with Gasteiger partial charge in [0.15, 0.2) is 0 Å². The fraction of sp³-hybridized carbons (Fsp3) is 0.409. The first-order valence-electron chi connectivity index (χ1n) is 10.0. The molecule has 0 amide bonds. The summed E-state index contributed by atoms with van der Waals surface area (Å²) in [5.74, 6) is 0.812. The maximum atomic E-state index is 9.55. The van der Waals surface area contributed by atoms with E-state index in [2.05, 4.69) is 38.6 Å². The number of aromatic nitrogens is 2. The zero-order valence-corrected chi connectivity index (χ0v) is 17.6. The number of rotatable bonds is 8. The van der Waals surface area contributed by atoms with Crippen molar-refractivity contribution in [1.29, 1.82) is 0 Å². The van der Waals surface area contributed by atoms with Crippen LogP contribution in [-0.2, 0) is 13.1 Å². The molecule has 154 valence electrons. The van der Waals surface area contributed by atoms with Gasteiger partial charge < -0.3 is 9.84 Å². The molecule has 29 heavy (non-hydrogen) atoms. The van der Waals surface area contributed by atoms with Crippen LogP contribution < -0.4 is 4.74 Å². The molecule has 1 aromatic carbocycles. The van der Waals surface area contributed by atoms with E-state index >= 15 is 0 Å². The summed E-state index contributed by atoms with van der Waals surface area (Å²) >= 11 is 1.80. The predicted octanol–water partition coefficient (Wildman–Crippen LogP) is 3.01. The van der Waals surface area contributed by atoms with E-state index in [1.807, 2.05) is 35.1 Å². The van der Waals surface area contributed by atoms with Crippen molar-refractivity contribution < 1.29 is 9.84 Å². The number of ether oxygens (including phenoxy) is 1. The minimum atomic E-state index is 0.227. The number of benzene rings is 1. The first-order valence-corrected chi connectivity index (χ1v) is 10.9. The summed E-state index contributed by atoms with van der Waals surface area (Å²) in [6.07, 6.45) is 4.82. The van der Waals surface area contributed by atoms with Gasteiger partial charge in [-0.2, -0.15) is 5.10 Å². The Kier molecular flexibility index (Phi) is 6.61. The summed E-state index contributed by atoms with van der Waals surface area (Å²) in [6.45, 7) is 5.07. The van der Waals surface area contributed by atoms with Crippen molar-refractivity contribution in [2.24, 2.45) is 0 Å². The Morgan fingerprint density at radius 2 is 2.07 bits per heavy atom. The van der Waals surface area contributed by atoms with Gasteiger partial charge in [0.25, 0.3) is 0 Å². The molecule has 1 N–H and O–H groups in total. The second-order valence-corrected chi connectivity index (χ2v) is 8.45. The second-order valence-electron chi connectivity index (χ2n) is 7.42. The minimum Gasteiger partial charge on any atom is -0.494 e. The molecule has 0 aliphatic carbocycles. The molecule has 0 saturated carbocycles. The molecule has 3 aromatic rings. The van der Waals surface area contributed by atoms with Gasteiger partial charge in [0.1, 0.15) is 11.4 Å². The fourth-order valence-electron chi connectivity index (χ4n) is 3.99. The molecule has 4 rings (SSSR count). The monoisotopic (exact) mass is 412 g/mol. The van der Waals surface area contributed by atoms with Crippen LogP contribution in [0, 0.1) is 0 Å². The third kappa shape index (κ3) is 4.87. The van der Waals surface area contributed by atoms with Gasteiger partial charge in [-0.1, -0.05) is 18.2 Å². The lowest BCUT2D eigenvalue weighted by Gasteiger charge is -2.41. The molecule has 3 heterocycles. The van der Waals surface area contributed by atoms with E-state index in [-0.39, 0.29) is 6.61 Å². The molecule has 7 heteroatoms. The summed E-state index contributed by atoms with van der Waals surface area (Å²) in [7, 11) is 1.68. The van der Waals surface area contributed by atoms with Crippen molar-refractivity contribution in [1.82, 2.24) is 19.6 Å². The molecule has 6 nitrogen and oxygen atoms in total. The Labute approximate surface area is 175 Å². The third-order valence-corrected chi connectivity index (χ3v) is 6.33. The highest BCUT2D eigenvalue weighted by Crippen LogP contribution is 2.23. The zero-order valence-electron chi connectivity index (χ0n) is 16.8. The summed E-state index contributed by atoms with van der Waals surface area (Å²) in [4.78, 5) is 6.37. The van der Waals surface area contributed by atoms with Gasteiger partial charge in [-0.15, -0.1) is 11.3 Å². The lowest BCUT2D eigenvalue weighted by atomic mass is 10.1. The van der Waals surface area contributed by atoms with Crippen LogP contribution in [0.15, 0.2) is 54.2 Å². The number of para-hydroxylation sites is 2. The fourth-order valence-corrected chi connectivity index (χ4v) is 4.71. The normalized spacial score (nSPS) is 18.2. The van der Waals surface area contributed by atoms with Crippen molar-refractivity contribution in [3.8, 4) is 11.4 Å². The molecule has 0 radical (unpaired) electrons. The van der Waals surface area contributed by atoms with Crippen LogP contribution in [-0.4, -0.2) is 64.1 Å². The zero-order chi connectivity index (χ0) is 20.1. The van der Waals surface area contributed by atoms with E-state index in [9.17, 15) is 5.11 Å². The number of methoxy groups -OCH3 is 1. The highest BCUT2D eigenvalue weighted by Gasteiger charge is 2.27. The molecule has 0 bridgehead atoms. The van der Waals surface area contributed by atoms with E-state index in [0.717, 1.165) is 50.6 Å².